The summed E-state index contributed by atoms with van der Waals surface area (Å²) in [5.41, 5.74) is 4.73. The maximum atomic E-state index is 13.8. The molecule has 2 aliphatic rings. The fourth-order valence-electron chi connectivity index (χ4n) is 5.77. The van der Waals surface area contributed by atoms with E-state index in [1.54, 1.807) is 29.3 Å². The minimum atomic E-state index is -0.329. The van der Waals surface area contributed by atoms with E-state index in [9.17, 15) is 14.4 Å². The molecule has 7 nitrogen and oxygen atoms in total. The Morgan fingerprint density at radius 3 is 2.03 bits per heavy atom. The zero-order valence-electron chi connectivity index (χ0n) is 20.3. The predicted molar refractivity (Wildman–Crippen MR) is 139 cm³/mol. The summed E-state index contributed by atoms with van der Waals surface area (Å²) in [6, 6.07) is 13.3. The van der Waals surface area contributed by atoms with Crippen molar-refractivity contribution in [3.8, 4) is 0 Å². The lowest BCUT2D eigenvalue weighted by Crippen LogP contribution is -2.41. The second kappa shape index (κ2) is 7.83. The van der Waals surface area contributed by atoms with Crippen LogP contribution in [0.5, 0.6) is 0 Å². The summed E-state index contributed by atoms with van der Waals surface area (Å²) in [4.78, 5) is 43.8. The zero-order valence-corrected chi connectivity index (χ0v) is 20.3. The van der Waals surface area contributed by atoms with Crippen molar-refractivity contribution >= 4 is 45.0 Å². The number of carbonyl (C=O) groups is 2. The van der Waals surface area contributed by atoms with Crippen LogP contribution in [0.2, 0.25) is 0 Å². The minimum absolute atomic E-state index is 0.149. The van der Waals surface area contributed by atoms with Gasteiger partial charge in [0.1, 0.15) is 0 Å². The fraction of sp³-hybridized carbons (Fsp3) is 0.321. The molecule has 0 bridgehead atoms. The van der Waals surface area contributed by atoms with Crippen LogP contribution in [0.4, 0.5) is 11.4 Å². The average Bonchev–Trinajstić information content (AvgIpc) is 3.06. The van der Waals surface area contributed by atoms with Gasteiger partial charge in [0.2, 0.25) is 0 Å². The number of amides is 2. The molecular weight excluding hydrogens is 440 g/mol. The summed E-state index contributed by atoms with van der Waals surface area (Å²) in [6.07, 6.45) is 4.78. The Kier molecular flexibility index (Phi) is 4.85. The molecule has 2 amide bonds. The Balaban J connectivity index is 1.52. The number of anilines is 2. The van der Waals surface area contributed by atoms with Crippen molar-refractivity contribution in [2.24, 2.45) is 14.1 Å². The largest absolute Gasteiger partial charge is 0.371 e. The first-order valence-corrected chi connectivity index (χ1v) is 12.2. The Morgan fingerprint density at radius 2 is 1.34 bits per heavy atom. The molecule has 0 aliphatic carbocycles. The topological polar surface area (TPSA) is 67.6 Å². The number of rotatable bonds is 2. The molecule has 178 valence electrons. The van der Waals surface area contributed by atoms with Crippen LogP contribution in [0.3, 0.4) is 0 Å². The third kappa shape index (κ3) is 3.07. The van der Waals surface area contributed by atoms with E-state index in [1.165, 1.54) is 17.7 Å². The monoisotopic (exact) mass is 468 g/mol. The summed E-state index contributed by atoms with van der Waals surface area (Å²) in [6.45, 7) is 3.84. The molecule has 2 aliphatic heterocycles. The summed E-state index contributed by atoms with van der Waals surface area (Å²) in [7, 11) is 3.42. The Morgan fingerprint density at radius 1 is 0.714 bits per heavy atom. The quantitative estimate of drug-likeness (QED) is 0.406. The summed E-state index contributed by atoms with van der Waals surface area (Å²) in [5, 5.41) is 1.70. The van der Waals surface area contributed by atoms with Crippen LogP contribution < -0.4 is 15.5 Å². The summed E-state index contributed by atoms with van der Waals surface area (Å²) >= 11 is 0. The lowest BCUT2D eigenvalue weighted by atomic mass is 9.92. The highest BCUT2D eigenvalue weighted by Gasteiger charge is 2.36. The minimum Gasteiger partial charge on any atom is -0.371 e. The maximum absolute atomic E-state index is 13.8. The van der Waals surface area contributed by atoms with E-state index in [4.69, 9.17) is 0 Å². The molecule has 0 N–H and O–H groups in total. The number of hydrogen-bond acceptors (Lipinski definition) is 4. The SMILES string of the molecule is Cc1cc2c(cc1N1C(=O)c3cccc4c(N5CCCCCC5)ccc(c34)C1=O)n(C)c(=O)n2C. The fourth-order valence-corrected chi connectivity index (χ4v) is 5.77. The third-order valence-corrected chi connectivity index (χ3v) is 7.66. The van der Waals surface area contributed by atoms with Crippen LogP contribution in [0.15, 0.2) is 47.3 Å². The van der Waals surface area contributed by atoms with E-state index >= 15 is 0 Å². The van der Waals surface area contributed by atoms with Crippen LogP contribution in [-0.4, -0.2) is 34.0 Å². The second-order valence-corrected chi connectivity index (χ2v) is 9.74. The molecule has 4 aromatic rings. The molecular formula is C28H28N4O3. The first kappa shape index (κ1) is 21.6. The van der Waals surface area contributed by atoms with E-state index in [0.29, 0.717) is 22.3 Å². The van der Waals surface area contributed by atoms with E-state index in [1.807, 2.05) is 43.3 Å². The highest BCUT2D eigenvalue weighted by molar-refractivity contribution is 6.36. The molecule has 3 aromatic carbocycles. The molecule has 3 heterocycles. The van der Waals surface area contributed by atoms with Gasteiger partial charge in [-0.25, -0.2) is 9.69 Å². The predicted octanol–water partition coefficient (Wildman–Crippen LogP) is 4.52. The van der Waals surface area contributed by atoms with Gasteiger partial charge in [-0.05, 0) is 55.7 Å². The first-order chi connectivity index (χ1) is 16.9. The number of nitrogens with zero attached hydrogens (tertiary/aromatic N) is 4. The van der Waals surface area contributed by atoms with Crippen LogP contribution in [0.1, 0.15) is 52.0 Å². The third-order valence-electron chi connectivity index (χ3n) is 7.66. The van der Waals surface area contributed by atoms with Crippen molar-refractivity contribution in [2.45, 2.75) is 32.6 Å². The standard InChI is InChI=1S/C28H28N4O3/c1-17-15-23-24(30(3)28(35)29(23)2)16-22(17)32-26(33)19-10-8-9-18-21(31-13-6-4-5-7-14-31)12-11-20(25(18)19)27(32)34/h8-12,15-16H,4-7,13-14H2,1-3H3. The van der Waals surface area contributed by atoms with Gasteiger partial charge in [0.15, 0.2) is 0 Å². The van der Waals surface area contributed by atoms with Gasteiger partial charge >= 0.3 is 5.69 Å². The van der Waals surface area contributed by atoms with Crippen molar-refractivity contribution in [1.82, 2.24) is 9.13 Å². The Bertz CT molecular complexity index is 1580. The second-order valence-electron chi connectivity index (χ2n) is 9.74. The molecule has 35 heavy (non-hydrogen) atoms. The molecule has 7 heteroatoms. The van der Waals surface area contributed by atoms with Gasteiger partial charge in [0.05, 0.1) is 16.7 Å². The van der Waals surface area contributed by atoms with Gasteiger partial charge in [-0.15, -0.1) is 0 Å². The number of benzene rings is 3. The summed E-state index contributed by atoms with van der Waals surface area (Å²) < 4.78 is 3.12. The van der Waals surface area contributed by atoms with Gasteiger partial charge in [-0.3, -0.25) is 18.7 Å². The normalized spacial score (nSPS) is 16.4. The number of hydrogen-bond donors (Lipinski definition) is 0. The molecule has 0 spiro atoms. The number of carbonyl (C=O) groups excluding carboxylic acids is 2. The average molecular weight is 469 g/mol. The van der Waals surface area contributed by atoms with Crippen LogP contribution in [-0.2, 0) is 14.1 Å². The lowest BCUT2D eigenvalue weighted by Gasteiger charge is -2.31. The Labute approximate surface area is 203 Å². The molecule has 1 fully saturated rings. The molecule has 6 rings (SSSR count). The zero-order chi connectivity index (χ0) is 24.4. The van der Waals surface area contributed by atoms with Crippen LogP contribution in [0, 0.1) is 6.92 Å². The van der Waals surface area contributed by atoms with Crippen molar-refractivity contribution in [2.75, 3.05) is 22.9 Å². The number of fused-ring (bicyclic) bond motifs is 1. The van der Waals surface area contributed by atoms with Gasteiger partial charge in [0, 0.05) is 54.8 Å². The van der Waals surface area contributed by atoms with Crippen molar-refractivity contribution in [3.63, 3.8) is 0 Å². The molecule has 1 saturated heterocycles. The van der Waals surface area contributed by atoms with Gasteiger partial charge in [-0.1, -0.05) is 25.0 Å². The summed E-state index contributed by atoms with van der Waals surface area (Å²) in [5.74, 6) is -0.658. The highest BCUT2D eigenvalue weighted by Crippen LogP contribution is 2.39. The van der Waals surface area contributed by atoms with E-state index in [2.05, 4.69) is 4.90 Å². The Hall–Kier alpha value is -3.87. The molecule has 0 saturated carbocycles. The van der Waals surface area contributed by atoms with Crippen LogP contribution in [0.25, 0.3) is 21.8 Å². The number of imide groups is 1. The highest BCUT2D eigenvalue weighted by atomic mass is 16.2. The molecule has 0 radical (unpaired) electrons. The van der Waals surface area contributed by atoms with E-state index in [-0.39, 0.29) is 17.5 Å². The van der Waals surface area contributed by atoms with Gasteiger partial charge in [-0.2, -0.15) is 0 Å². The maximum Gasteiger partial charge on any atom is 0.328 e. The number of aromatic nitrogens is 2. The smallest absolute Gasteiger partial charge is 0.328 e. The van der Waals surface area contributed by atoms with Gasteiger partial charge in [0.25, 0.3) is 11.8 Å². The van der Waals surface area contributed by atoms with Crippen molar-refractivity contribution in [1.29, 1.82) is 0 Å². The first-order valence-electron chi connectivity index (χ1n) is 12.2. The van der Waals surface area contributed by atoms with Crippen LogP contribution >= 0.6 is 0 Å². The van der Waals surface area contributed by atoms with Crippen molar-refractivity contribution in [3.05, 3.63) is 69.6 Å². The molecule has 0 unspecified atom stereocenters. The van der Waals surface area contributed by atoms with E-state index < -0.39 is 0 Å². The van der Waals surface area contributed by atoms with E-state index in [0.717, 1.165) is 53.5 Å². The van der Waals surface area contributed by atoms with Gasteiger partial charge < -0.3 is 4.90 Å². The number of imidazole rings is 1. The molecule has 1 aromatic heterocycles. The molecule has 0 atom stereocenters. The number of aryl methyl sites for hydroxylation is 3. The van der Waals surface area contributed by atoms with Crippen molar-refractivity contribution < 1.29 is 9.59 Å². The lowest BCUT2D eigenvalue weighted by molar-refractivity contribution is 0.0893.